The summed E-state index contributed by atoms with van der Waals surface area (Å²) in [6.45, 7) is 5.06. The number of ether oxygens (including phenoxy) is 4. The number of hydrogen-bond donors (Lipinski definition) is 3. The van der Waals surface area contributed by atoms with E-state index in [9.17, 15) is 19.2 Å². The zero-order valence-electron chi connectivity index (χ0n) is 24.6. The van der Waals surface area contributed by atoms with E-state index in [-0.39, 0.29) is 29.5 Å². The fraction of sp³-hybridized carbons (Fsp3) is 0.467. The highest BCUT2D eigenvalue weighted by Crippen LogP contribution is 2.50. The van der Waals surface area contributed by atoms with Crippen LogP contribution in [-0.2, 0) is 25.5 Å². The van der Waals surface area contributed by atoms with Gasteiger partial charge in [0, 0.05) is 12.5 Å². The number of fused-ring (bicyclic) bond motifs is 3. The molecule has 0 bridgehead atoms. The number of rotatable bonds is 11. The molecule has 0 saturated carbocycles. The van der Waals surface area contributed by atoms with Crippen LogP contribution in [-0.4, -0.2) is 58.8 Å². The first-order chi connectivity index (χ1) is 19.5. The van der Waals surface area contributed by atoms with Gasteiger partial charge < -0.3 is 34.9 Å². The molecule has 11 heteroatoms. The molecule has 0 fully saturated rings. The molecule has 0 heterocycles. The van der Waals surface area contributed by atoms with Crippen LogP contribution in [0.1, 0.15) is 50.8 Å². The van der Waals surface area contributed by atoms with Gasteiger partial charge in [-0.25, -0.2) is 0 Å². The lowest BCUT2D eigenvalue weighted by Crippen LogP contribution is -2.43. The minimum atomic E-state index is -0.785. The van der Waals surface area contributed by atoms with Crippen molar-refractivity contribution in [3.8, 4) is 28.4 Å². The second-order valence-electron chi connectivity index (χ2n) is 10.2. The van der Waals surface area contributed by atoms with E-state index in [1.54, 1.807) is 19.2 Å². The summed E-state index contributed by atoms with van der Waals surface area (Å²) in [5.74, 6) is 0.225. The van der Waals surface area contributed by atoms with Gasteiger partial charge in [0.15, 0.2) is 11.5 Å². The maximum absolute atomic E-state index is 13.6. The summed E-state index contributed by atoms with van der Waals surface area (Å²) in [7, 11) is 5.84. The number of nitrogens with one attached hydrogen (secondary N) is 3. The molecular formula is C30H39N3O8. The smallest absolute Gasteiger partial charge is 0.325 e. The first kappa shape index (κ1) is 31.3. The Morgan fingerprint density at radius 3 is 2.29 bits per heavy atom. The van der Waals surface area contributed by atoms with E-state index in [4.69, 9.17) is 14.2 Å². The molecule has 1 aliphatic carbocycles. The Morgan fingerprint density at radius 2 is 1.71 bits per heavy atom. The third-order valence-corrected chi connectivity index (χ3v) is 6.90. The lowest BCUT2D eigenvalue weighted by molar-refractivity contribution is -0.141. The summed E-state index contributed by atoms with van der Waals surface area (Å²) in [5.41, 5.74) is 2.75. The Balaban J connectivity index is 2.20. The Morgan fingerprint density at radius 1 is 1.00 bits per heavy atom. The number of methoxy groups -OCH3 is 4. The van der Waals surface area contributed by atoms with Crippen molar-refractivity contribution in [1.29, 1.82) is 0 Å². The van der Waals surface area contributed by atoms with Crippen molar-refractivity contribution in [1.82, 2.24) is 10.6 Å². The van der Waals surface area contributed by atoms with Gasteiger partial charge in [0.25, 0.3) is 0 Å². The first-order valence-corrected chi connectivity index (χ1v) is 13.4. The van der Waals surface area contributed by atoms with Crippen molar-refractivity contribution in [2.75, 3.05) is 40.3 Å². The van der Waals surface area contributed by atoms with E-state index in [0.29, 0.717) is 47.6 Å². The van der Waals surface area contributed by atoms with Crippen LogP contribution in [0.4, 0.5) is 5.69 Å². The van der Waals surface area contributed by atoms with Crippen molar-refractivity contribution >= 4 is 23.5 Å². The number of amides is 2. The Bertz CT molecular complexity index is 1360. The number of benzene rings is 1. The lowest BCUT2D eigenvalue weighted by atomic mass is 9.95. The Hall–Kier alpha value is -4.28. The largest absolute Gasteiger partial charge is 0.493 e. The molecule has 0 saturated heterocycles. The summed E-state index contributed by atoms with van der Waals surface area (Å²) in [5, 5.41) is 8.63. The first-order valence-electron chi connectivity index (χ1n) is 13.4. The second-order valence-corrected chi connectivity index (χ2v) is 10.2. The van der Waals surface area contributed by atoms with Crippen molar-refractivity contribution in [3.63, 3.8) is 0 Å². The summed E-state index contributed by atoms with van der Waals surface area (Å²) in [6.07, 6.45) is 1.51. The molecule has 41 heavy (non-hydrogen) atoms. The van der Waals surface area contributed by atoms with Gasteiger partial charge in [-0.1, -0.05) is 19.9 Å². The fourth-order valence-corrected chi connectivity index (χ4v) is 5.07. The molecule has 2 atom stereocenters. The van der Waals surface area contributed by atoms with Crippen LogP contribution in [0, 0.1) is 5.92 Å². The van der Waals surface area contributed by atoms with Gasteiger partial charge in [-0.15, -0.1) is 0 Å². The summed E-state index contributed by atoms with van der Waals surface area (Å²) in [6, 6.07) is 5.53. The van der Waals surface area contributed by atoms with Gasteiger partial charge in [0.1, 0.15) is 12.6 Å². The average Bonchev–Trinajstić information content (AvgIpc) is 3.18. The van der Waals surface area contributed by atoms with Crippen LogP contribution in [0.3, 0.4) is 0 Å². The van der Waals surface area contributed by atoms with E-state index in [1.165, 1.54) is 34.3 Å². The zero-order valence-corrected chi connectivity index (χ0v) is 24.6. The van der Waals surface area contributed by atoms with E-state index in [1.807, 2.05) is 19.9 Å². The third kappa shape index (κ3) is 7.27. The van der Waals surface area contributed by atoms with E-state index in [2.05, 4.69) is 20.7 Å². The molecule has 0 radical (unpaired) electrons. The van der Waals surface area contributed by atoms with Crippen LogP contribution in [0.2, 0.25) is 0 Å². The SMILES string of the molecule is COC(=O)CNC(=O)[C@H](CC(C)C)Nc1ccc2c(cc1=O)[C@@H](NC(C)=O)CCc1cc(OC)c(OC)c(OC)c1-2. The van der Waals surface area contributed by atoms with Gasteiger partial charge >= 0.3 is 5.97 Å². The molecule has 2 amide bonds. The molecule has 222 valence electrons. The van der Waals surface area contributed by atoms with Crippen molar-refractivity contribution in [2.45, 2.75) is 52.1 Å². The predicted octanol–water partition coefficient (Wildman–Crippen LogP) is 2.98. The maximum atomic E-state index is 13.6. The summed E-state index contributed by atoms with van der Waals surface area (Å²) in [4.78, 5) is 50.3. The summed E-state index contributed by atoms with van der Waals surface area (Å²) >= 11 is 0. The van der Waals surface area contributed by atoms with E-state index in [0.717, 1.165) is 11.1 Å². The minimum Gasteiger partial charge on any atom is -0.493 e. The van der Waals surface area contributed by atoms with E-state index < -0.39 is 24.0 Å². The number of hydrogen-bond acceptors (Lipinski definition) is 9. The molecule has 0 aromatic heterocycles. The zero-order chi connectivity index (χ0) is 30.3. The van der Waals surface area contributed by atoms with Crippen molar-refractivity contribution in [2.24, 2.45) is 5.92 Å². The lowest BCUT2D eigenvalue weighted by Gasteiger charge is -2.20. The summed E-state index contributed by atoms with van der Waals surface area (Å²) < 4.78 is 21.6. The average molecular weight is 570 g/mol. The molecule has 0 unspecified atom stereocenters. The molecule has 2 aromatic rings. The molecule has 3 N–H and O–H groups in total. The third-order valence-electron chi connectivity index (χ3n) is 6.90. The van der Waals surface area contributed by atoms with Crippen LogP contribution in [0.15, 0.2) is 29.1 Å². The minimum absolute atomic E-state index is 0.114. The second kappa shape index (κ2) is 13.9. The maximum Gasteiger partial charge on any atom is 0.325 e. The van der Waals surface area contributed by atoms with Crippen LogP contribution >= 0.6 is 0 Å². The van der Waals surface area contributed by atoms with Crippen LogP contribution in [0.25, 0.3) is 11.1 Å². The highest BCUT2D eigenvalue weighted by molar-refractivity contribution is 5.88. The Kier molecular flexibility index (Phi) is 10.6. The molecule has 2 aromatic carbocycles. The van der Waals surface area contributed by atoms with Crippen LogP contribution < -0.4 is 35.6 Å². The Labute approximate surface area is 239 Å². The molecule has 0 spiro atoms. The monoisotopic (exact) mass is 569 g/mol. The number of carbonyl (C=O) groups excluding carboxylic acids is 3. The van der Waals surface area contributed by atoms with E-state index >= 15 is 0 Å². The predicted molar refractivity (Wildman–Crippen MR) is 155 cm³/mol. The molecular weight excluding hydrogens is 530 g/mol. The highest BCUT2D eigenvalue weighted by Gasteiger charge is 2.30. The topological polar surface area (TPSA) is 141 Å². The van der Waals surface area contributed by atoms with Gasteiger partial charge in [-0.05, 0) is 60.1 Å². The van der Waals surface area contributed by atoms with Crippen LogP contribution in [0.5, 0.6) is 17.2 Å². The molecule has 1 aliphatic rings. The number of carbonyl (C=O) groups is 3. The number of anilines is 1. The molecule has 11 nitrogen and oxygen atoms in total. The van der Waals surface area contributed by atoms with Crippen molar-refractivity contribution in [3.05, 3.63) is 45.6 Å². The van der Waals surface area contributed by atoms with Gasteiger partial charge in [-0.2, -0.15) is 0 Å². The standard InChI is InChI=1S/C30H39N3O8/c1-16(2)12-23(30(37)31-15-26(36)39-5)33-22-11-9-19-20(14-24(22)35)21(32-17(3)34)10-8-18-13-25(38-4)28(40-6)29(41-7)27(18)19/h9,11,13-14,16,21,23H,8,10,12,15H2,1-7H3,(H,31,37)(H,32,34)(H,33,35)/t21-,23-/m0/s1. The van der Waals surface area contributed by atoms with Gasteiger partial charge in [0.05, 0.1) is 40.2 Å². The highest BCUT2D eigenvalue weighted by atomic mass is 16.5. The fourth-order valence-electron chi connectivity index (χ4n) is 5.07. The number of aryl methyl sites for hydroxylation is 1. The quantitative estimate of drug-likeness (QED) is 0.348. The van der Waals surface area contributed by atoms with Crippen molar-refractivity contribution < 1.29 is 33.3 Å². The molecule has 3 rings (SSSR count). The molecule has 0 aliphatic heterocycles. The van der Waals surface area contributed by atoms with Gasteiger partial charge in [-0.3, -0.25) is 19.2 Å². The normalized spacial score (nSPS) is 14.5. The van der Waals surface area contributed by atoms with Gasteiger partial charge in [0.2, 0.25) is 23.0 Å². The number of esters is 1.